The highest BCUT2D eigenvalue weighted by atomic mass is 16.5. The Kier molecular flexibility index (Phi) is 5.75. The number of rotatable bonds is 4. The molecule has 2 aliphatic heterocycles. The Bertz CT molecular complexity index is 337. The molecule has 114 valence electrons. The first-order valence-corrected chi connectivity index (χ1v) is 7.22. The van der Waals surface area contributed by atoms with Crippen molar-refractivity contribution < 1.29 is 14.3 Å². The van der Waals surface area contributed by atoms with Crippen molar-refractivity contribution in [3.63, 3.8) is 0 Å². The van der Waals surface area contributed by atoms with Crippen molar-refractivity contribution in [2.45, 2.75) is 12.5 Å². The van der Waals surface area contributed by atoms with Crippen molar-refractivity contribution in [1.29, 1.82) is 0 Å². The van der Waals surface area contributed by atoms with Gasteiger partial charge in [0.25, 0.3) is 0 Å². The lowest BCUT2D eigenvalue weighted by Gasteiger charge is -2.35. The van der Waals surface area contributed by atoms with Crippen LogP contribution in [-0.4, -0.2) is 87.2 Å². The fourth-order valence-electron chi connectivity index (χ4n) is 2.51. The van der Waals surface area contributed by atoms with Gasteiger partial charge in [0, 0.05) is 46.3 Å². The summed E-state index contributed by atoms with van der Waals surface area (Å²) in [6.45, 7) is 5.59. The molecule has 2 rings (SSSR count). The van der Waals surface area contributed by atoms with E-state index in [-0.39, 0.29) is 17.9 Å². The normalized spacial score (nSPS) is 24.4. The minimum absolute atomic E-state index is 0.000138. The van der Waals surface area contributed by atoms with Gasteiger partial charge in [0.05, 0.1) is 25.7 Å². The SMILES string of the molecule is CNC(=O)CN1CCN(C(=O)CC2CNCCO2)CC1. The molecule has 0 aliphatic carbocycles. The van der Waals surface area contributed by atoms with E-state index in [0.717, 1.165) is 26.2 Å². The second-order valence-corrected chi connectivity index (χ2v) is 5.23. The summed E-state index contributed by atoms with van der Waals surface area (Å²) in [5.41, 5.74) is 0. The summed E-state index contributed by atoms with van der Waals surface area (Å²) in [6, 6.07) is 0. The molecule has 2 N–H and O–H groups in total. The van der Waals surface area contributed by atoms with Crippen molar-refractivity contribution in [3.8, 4) is 0 Å². The summed E-state index contributed by atoms with van der Waals surface area (Å²) in [7, 11) is 1.64. The summed E-state index contributed by atoms with van der Waals surface area (Å²) in [4.78, 5) is 27.4. The number of amides is 2. The average molecular weight is 284 g/mol. The molecule has 0 bridgehead atoms. The van der Waals surface area contributed by atoms with E-state index in [1.807, 2.05) is 4.90 Å². The van der Waals surface area contributed by atoms with Gasteiger partial charge in [-0.05, 0) is 0 Å². The molecule has 1 atom stereocenters. The largest absolute Gasteiger partial charge is 0.375 e. The zero-order chi connectivity index (χ0) is 14.4. The second kappa shape index (κ2) is 7.56. The van der Waals surface area contributed by atoms with E-state index in [9.17, 15) is 9.59 Å². The molecule has 7 nitrogen and oxygen atoms in total. The molecule has 0 saturated carbocycles. The van der Waals surface area contributed by atoms with Crippen LogP contribution in [-0.2, 0) is 14.3 Å². The number of hydrogen-bond donors (Lipinski definition) is 2. The minimum Gasteiger partial charge on any atom is -0.375 e. The molecule has 0 radical (unpaired) electrons. The molecule has 7 heteroatoms. The van der Waals surface area contributed by atoms with Gasteiger partial charge >= 0.3 is 0 Å². The first-order valence-electron chi connectivity index (χ1n) is 7.22. The van der Waals surface area contributed by atoms with Crippen LogP contribution in [0.5, 0.6) is 0 Å². The number of carbonyl (C=O) groups excluding carboxylic acids is 2. The van der Waals surface area contributed by atoms with Crippen molar-refractivity contribution in [2.24, 2.45) is 0 Å². The highest BCUT2D eigenvalue weighted by Gasteiger charge is 2.25. The van der Waals surface area contributed by atoms with Crippen LogP contribution in [0.3, 0.4) is 0 Å². The Morgan fingerprint density at radius 1 is 1.30 bits per heavy atom. The third-order valence-corrected chi connectivity index (χ3v) is 3.78. The van der Waals surface area contributed by atoms with Gasteiger partial charge in [-0.1, -0.05) is 0 Å². The molecule has 2 fully saturated rings. The molecular weight excluding hydrogens is 260 g/mol. The third kappa shape index (κ3) is 4.43. The van der Waals surface area contributed by atoms with E-state index in [0.29, 0.717) is 32.7 Å². The van der Waals surface area contributed by atoms with Gasteiger partial charge in [-0.15, -0.1) is 0 Å². The lowest BCUT2D eigenvalue weighted by atomic mass is 10.2. The summed E-state index contributed by atoms with van der Waals surface area (Å²) in [6.07, 6.45) is 0.447. The van der Waals surface area contributed by atoms with Crippen LogP contribution in [0.25, 0.3) is 0 Å². The Morgan fingerprint density at radius 3 is 2.65 bits per heavy atom. The Morgan fingerprint density at radius 2 is 2.05 bits per heavy atom. The predicted molar refractivity (Wildman–Crippen MR) is 74.3 cm³/mol. The highest BCUT2D eigenvalue weighted by molar-refractivity contribution is 5.78. The molecule has 2 heterocycles. The van der Waals surface area contributed by atoms with Gasteiger partial charge in [-0.25, -0.2) is 0 Å². The van der Waals surface area contributed by atoms with E-state index in [4.69, 9.17) is 4.74 Å². The number of nitrogens with zero attached hydrogens (tertiary/aromatic N) is 2. The van der Waals surface area contributed by atoms with Gasteiger partial charge in [0.15, 0.2) is 0 Å². The van der Waals surface area contributed by atoms with Crippen LogP contribution < -0.4 is 10.6 Å². The van der Waals surface area contributed by atoms with Crippen molar-refractivity contribution in [2.75, 3.05) is 59.5 Å². The van der Waals surface area contributed by atoms with Crippen LogP contribution >= 0.6 is 0 Å². The maximum Gasteiger partial charge on any atom is 0.233 e. The summed E-state index contributed by atoms with van der Waals surface area (Å²) < 4.78 is 5.55. The monoisotopic (exact) mass is 284 g/mol. The highest BCUT2D eigenvalue weighted by Crippen LogP contribution is 2.08. The molecular formula is C13H24N4O3. The lowest BCUT2D eigenvalue weighted by Crippen LogP contribution is -2.52. The standard InChI is InChI=1S/C13H24N4O3/c1-14-12(18)10-16-3-5-17(6-4-16)13(19)8-11-9-15-2-7-20-11/h11,15H,2-10H2,1H3,(H,14,18). The van der Waals surface area contributed by atoms with Gasteiger partial charge in [-0.3, -0.25) is 14.5 Å². The molecule has 2 aliphatic rings. The summed E-state index contributed by atoms with van der Waals surface area (Å²) >= 11 is 0. The van der Waals surface area contributed by atoms with E-state index < -0.39 is 0 Å². The molecule has 2 saturated heterocycles. The molecule has 1 unspecified atom stereocenters. The molecule has 0 aromatic carbocycles. The van der Waals surface area contributed by atoms with Crippen LogP contribution in [0.1, 0.15) is 6.42 Å². The van der Waals surface area contributed by atoms with E-state index >= 15 is 0 Å². The number of morpholine rings is 1. The molecule has 20 heavy (non-hydrogen) atoms. The molecule has 2 amide bonds. The van der Waals surface area contributed by atoms with Crippen molar-refractivity contribution >= 4 is 11.8 Å². The fraction of sp³-hybridized carbons (Fsp3) is 0.846. The van der Waals surface area contributed by atoms with Crippen LogP contribution in [0.15, 0.2) is 0 Å². The zero-order valence-corrected chi connectivity index (χ0v) is 12.1. The number of nitrogens with one attached hydrogen (secondary N) is 2. The van der Waals surface area contributed by atoms with Crippen molar-refractivity contribution in [3.05, 3.63) is 0 Å². The lowest BCUT2D eigenvalue weighted by molar-refractivity contribution is -0.136. The minimum atomic E-state index is 0.000138. The Hall–Kier alpha value is -1.18. The maximum atomic E-state index is 12.2. The number of ether oxygens (including phenoxy) is 1. The molecule has 0 spiro atoms. The van der Waals surface area contributed by atoms with E-state index in [1.54, 1.807) is 7.05 Å². The summed E-state index contributed by atoms with van der Waals surface area (Å²) in [5, 5.41) is 5.85. The zero-order valence-electron chi connectivity index (χ0n) is 12.1. The van der Waals surface area contributed by atoms with Crippen LogP contribution in [0.4, 0.5) is 0 Å². The average Bonchev–Trinajstić information content (AvgIpc) is 2.49. The Balaban J connectivity index is 1.69. The van der Waals surface area contributed by atoms with E-state index in [2.05, 4.69) is 15.5 Å². The topological polar surface area (TPSA) is 73.9 Å². The second-order valence-electron chi connectivity index (χ2n) is 5.23. The predicted octanol–water partition coefficient (Wildman–Crippen LogP) is -1.74. The van der Waals surface area contributed by atoms with Crippen LogP contribution in [0, 0.1) is 0 Å². The van der Waals surface area contributed by atoms with Gasteiger partial charge in [0.1, 0.15) is 0 Å². The first kappa shape index (κ1) is 15.2. The number of carbonyl (C=O) groups is 2. The quantitative estimate of drug-likeness (QED) is 0.641. The first-order chi connectivity index (χ1) is 9.69. The summed E-state index contributed by atoms with van der Waals surface area (Å²) in [5.74, 6) is 0.171. The maximum absolute atomic E-state index is 12.2. The van der Waals surface area contributed by atoms with Gasteiger partial charge in [-0.2, -0.15) is 0 Å². The third-order valence-electron chi connectivity index (χ3n) is 3.78. The van der Waals surface area contributed by atoms with Crippen molar-refractivity contribution in [1.82, 2.24) is 20.4 Å². The number of likely N-dealkylation sites (N-methyl/N-ethyl adjacent to an activating group) is 1. The van der Waals surface area contributed by atoms with Gasteiger partial charge < -0.3 is 20.3 Å². The Labute approximate surface area is 119 Å². The van der Waals surface area contributed by atoms with Gasteiger partial charge in [0.2, 0.25) is 11.8 Å². The van der Waals surface area contributed by atoms with E-state index in [1.165, 1.54) is 0 Å². The molecule has 0 aromatic rings. The van der Waals surface area contributed by atoms with Crippen LogP contribution in [0.2, 0.25) is 0 Å². The smallest absolute Gasteiger partial charge is 0.233 e. The molecule has 0 aromatic heterocycles. The fourth-order valence-corrected chi connectivity index (χ4v) is 2.51. The number of piperazine rings is 1. The number of hydrogen-bond acceptors (Lipinski definition) is 5.